The van der Waals surface area contributed by atoms with Crippen LogP contribution < -0.4 is 9.64 Å². The van der Waals surface area contributed by atoms with Gasteiger partial charge in [0.25, 0.3) is 5.91 Å². The number of aryl methyl sites for hydroxylation is 2. The number of rotatable bonds is 3. The normalized spacial score (nSPS) is 17.6. The summed E-state index contributed by atoms with van der Waals surface area (Å²) >= 11 is 0. The highest BCUT2D eigenvalue weighted by Gasteiger charge is 2.29. The number of hydrogen-bond acceptors (Lipinski definition) is 5. The molecule has 2 aromatic rings. The van der Waals surface area contributed by atoms with Crippen molar-refractivity contribution in [3.8, 4) is 5.75 Å². The van der Waals surface area contributed by atoms with Crippen LogP contribution in [0.5, 0.6) is 5.75 Å². The van der Waals surface area contributed by atoms with E-state index in [1.165, 1.54) is 0 Å². The Morgan fingerprint density at radius 3 is 2.65 bits per heavy atom. The maximum atomic E-state index is 12.1. The molecule has 26 heavy (non-hydrogen) atoms. The fourth-order valence-electron chi connectivity index (χ4n) is 3.74. The van der Waals surface area contributed by atoms with Gasteiger partial charge in [-0.1, -0.05) is 0 Å². The lowest BCUT2D eigenvalue weighted by molar-refractivity contribution is 0.0816. The molecule has 0 radical (unpaired) electrons. The number of carbonyl (C=O) groups excluding carboxylic acids is 1. The van der Waals surface area contributed by atoms with Crippen LogP contribution in [0.4, 0.5) is 5.82 Å². The van der Waals surface area contributed by atoms with Crippen molar-refractivity contribution in [1.29, 1.82) is 0 Å². The highest BCUT2D eigenvalue weighted by molar-refractivity contribution is 5.98. The number of aromatic nitrogens is 2. The third-order valence-corrected chi connectivity index (χ3v) is 5.12. The first kappa shape index (κ1) is 16.8. The minimum Gasteiger partial charge on any atom is -0.489 e. The summed E-state index contributed by atoms with van der Waals surface area (Å²) in [6, 6.07) is 4.02. The molecule has 4 rings (SSSR count). The lowest BCUT2D eigenvalue weighted by Crippen LogP contribution is -2.39. The van der Waals surface area contributed by atoms with Gasteiger partial charge in [-0.2, -0.15) is 0 Å². The van der Waals surface area contributed by atoms with Crippen molar-refractivity contribution in [3.63, 3.8) is 0 Å². The number of amides is 1. The summed E-state index contributed by atoms with van der Waals surface area (Å²) < 4.78 is 6.09. The molecule has 6 heteroatoms. The zero-order chi connectivity index (χ0) is 18.3. The highest BCUT2D eigenvalue weighted by atomic mass is 16.5. The maximum absolute atomic E-state index is 12.1. The number of fused-ring (bicyclic) bond motifs is 1. The molecule has 0 unspecified atom stereocenters. The molecule has 2 aromatic heterocycles. The van der Waals surface area contributed by atoms with Crippen molar-refractivity contribution in [3.05, 3.63) is 46.9 Å². The van der Waals surface area contributed by atoms with E-state index in [2.05, 4.69) is 9.88 Å². The summed E-state index contributed by atoms with van der Waals surface area (Å²) in [5, 5.41) is 0. The standard InChI is InChI=1S/C20H24N4O2/c1-13-8-16(11-21-10-13)26-15-4-6-24(7-5-15)19-14(2)9-17-18(22-19)12-23(3)20(17)25/h8-11,15H,4-7,12H2,1-3H3. The number of piperidine rings is 1. The van der Waals surface area contributed by atoms with Crippen LogP contribution in [0.2, 0.25) is 0 Å². The molecular formula is C20H24N4O2. The van der Waals surface area contributed by atoms with Crippen LogP contribution in [-0.2, 0) is 6.54 Å². The quantitative estimate of drug-likeness (QED) is 0.850. The molecule has 2 aliphatic heterocycles. The molecule has 0 aromatic carbocycles. The van der Waals surface area contributed by atoms with Crippen LogP contribution in [-0.4, -0.2) is 47.0 Å². The maximum Gasteiger partial charge on any atom is 0.255 e. The summed E-state index contributed by atoms with van der Waals surface area (Å²) in [6.45, 7) is 6.46. The molecule has 4 heterocycles. The number of ether oxygens (including phenoxy) is 1. The Kier molecular flexibility index (Phi) is 4.26. The predicted octanol–water partition coefficient (Wildman–Crippen LogP) is 2.73. The Labute approximate surface area is 153 Å². The Balaban J connectivity index is 1.44. The lowest BCUT2D eigenvalue weighted by Gasteiger charge is -2.33. The van der Waals surface area contributed by atoms with Crippen molar-refractivity contribution in [2.24, 2.45) is 0 Å². The van der Waals surface area contributed by atoms with Crippen molar-refractivity contribution >= 4 is 11.7 Å². The van der Waals surface area contributed by atoms with E-state index in [0.29, 0.717) is 6.54 Å². The second kappa shape index (κ2) is 6.59. The molecule has 0 saturated carbocycles. The van der Waals surface area contributed by atoms with Gasteiger partial charge in [-0.15, -0.1) is 0 Å². The van der Waals surface area contributed by atoms with Gasteiger partial charge in [0.15, 0.2) is 0 Å². The fraction of sp³-hybridized carbons (Fsp3) is 0.450. The largest absolute Gasteiger partial charge is 0.489 e. The van der Waals surface area contributed by atoms with Crippen molar-refractivity contribution in [2.45, 2.75) is 39.3 Å². The predicted molar refractivity (Wildman–Crippen MR) is 99.6 cm³/mol. The smallest absolute Gasteiger partial charge is 0.255 e. The first-order valence-corrected chi connectivity index (χ1v) is 9.10. The van der Waals surface area contributed by atoms with Crippen LogP contribution in [0, 0.1) is 13.8 Å². The Hall–Kier alpha value is -2.63. The molecule has 6 nitrogen and oxygen atoms in total. The van der Waals surface area contributed by atoms with Crippen LogP contribution in [0.15, 0.2) is 24.5 Å². The van der Waals surface area contributed by atoms with Crippen molar-refractivity contribution in [2.75, 3.05) is 25.0 Å². The van der Waals surface area contributed by atoms with E-state index in [9.17, 15) is 4.79 Å². The van der Waals surface area contributed by atoms with Gasteiger partial charge < -0.3 is 14.5 Å². The van der Waals surface area contributed by atoms with E-state index >= 15 is 0 Å². The van der Waals surface area contributed by atoms with Crippen molar-refractivity contribution in [1.82, 2.24) is 14.9 Å². The Morgan fingerprint density at radius 1 is 1.15 bits per heavy atom. The van der Waals surface area contributed by atoms with Crippen molar-refractivity contribution < 1.29 is 9.53 Å². The summed E-state index contributed by atoms with van der Waals surface area (Å²) in [4.78, 5) is 25.2. The van der Waals surface area contributed by atoms with Gasteiger partial charge in [0.1, 0.15) is 17.7 Å². The molecule has 1 saturated heterocycles. The second-order valence-electron chi connectivity index (χ2n) is 7.29. The Morgan fingerprint density at radius 2 is 1.92 bits per heavy atom. The minimum absolute atomic E-state index is 0.0704. The number of anilines is 1. The van der Waals surface area contributed by atoms with Crippen LogP contribution >= 0.6 is 0 Å². The van der Waals surface area contributed by atoms with E-state index < -0.39 is 0 Å². The van der Waals surface area contributed by atoms with E-state index in [1.54, 1.807) is 11.1 Å². The third-order valence-electron chi connectivity index (χ3n) is 5.12. The zero-order valence-corrected chi connectivity index (χ0v) is 15.5. The van der Waals surface area contributed by atoms with Gasteiger partial charge in [-0.3, -0.25) is 9.78 Å². The summed E-state index contributed by atoms with van der Waals surface area (Å²) in [5.41, 5.74) is 3.81. The summed E-state index contributed by atoms with van der Waals surface area (Å²) in [6.07, 6.45) is 5.71. The van der Waals surface area contributed by atoms with Crippen LogP contribution in [0.25, 0.3) is 0 Å². The number of nitrogens with zero attached hydrogens (tertiary/aromatic N) is 4. The molecule has 136 valence electrons. The highest BCUT2D eigenvalue weighted by Crippen LogP contribution is 2.29. The molecular weight excluding hydrogens is 328 g/mol. The molecule has 0 atom stereocenters. The molecule has 0 bridgehead atoms. The minimum atomic E-state index is 0.0704. The number of pyridine rings is 2. The first-order chi connectivity index (χ1) is 12.5. The van der Waals surface area contributed by atoms with E-state index in [0.717, 1.165) is 59.9 Å². The van der Waals surface area contributed by atoms with Gasteiger partial charge in [-0.25, -0.2) is 4.98 Å². The summed E-state index contributed by atoms with van der Waals surface area (Å²) in [7, 11) is 1.82. The molecule has 0 aliphatic carbocycles. The van der Waals surface area contributed by atoms with Gasteiger partial charge in [0, 0.05) is 39.2 Å². The Bertz CT molecular complexity index is 844. The fourth-order valence-corrected chi connectivity index (χ4v) is 3.74. The number of carbonyl (C=O) groups is 1. The van der Waals surface area contributed by atoms with Gasteiger partial charge in [0.2, 0.25) is 0 Å². The second-order valence-corrected chi connectivity index (χ2v) is 7.29. The third kappa shape index (κ3) is 3.11. The molecule has 1 amide bonds. The van der Waals surface area contributed by atoms with Gasteiger partial charge in [0.05, 0.1) is 24.0 Å². The summed E-state index contributed by atoms with van der Waals surface area (Å²) in [5.74, 6) is 1.92. The van der Waals surface area contributed by atoms with E-state index in [-0.39, 0.29) is 12.0 Å². The molecule has 0 N–H and O–H groups in total. The number of hydrogen-bond donors (Lipinski definition) is 0. The molecule has 0 spiro atoms. The molecule has 1 fully saturated rings. The van der Waals surface area contributed by atoms with Crippen LogP contribution in [0.3, 0.4) is 0 Å². The average molecular weight is 352 g/mol. The van der Waals surface area contributed by atoms with Gasteiger partial charge in [-0.05, 0) is 37.1 Å². The average Bonchev–Trinajstić information content (AvgIpc) is 2.89. The molecule has 2 aliphatic rings. The van der Waals surface area contributed by atoms with E-state index in [4.69, 9.17) is 9.72 Å². The van der Waals surface area contributed by atoms with Gasteiger partial charge >= 0.3 is 0 Å². The SMILES string of the molecule is Cc1cncc(OC2CCN(c3nc4c(cc3C)C(=O)N(C)C4)CC2)c1. The van der Waals surface area contributed by atoms with E-state index in [1.807, 2.05) is 39.2 Å². The topological polar surface area (TPSA) is 58.6 Å². The monoisotopic (exact) mass is 352 g/mol. The van der Waals surface area contributed by atoms with Crippen LogP contribution in [0.1, 0.15) is 40.0 Å². The lowest BCUT2D eigenvalue weighted by atomic mass is 10.1. The first-order valence-electron chi connectivity index (χ1n) is 9.10. The zero-order valence-electron chi connectivity index (χ0n) is 15.5.